The molecular weight excluding hydrogens is 352 g/mol. The van der Waals surface area contributed by atoms with Crippen LogP contribution in [0.4, 0.5) is 5.69 Å². The smallest absolute Gasteiger partial charge is 0.263 e. The number of nitrogens with zero attached hydrogens (tertiary/aromatic N) is 4. The number of piperazine rings is 2. The van der Waals surface area contributed by atoms with Crippen LogP contribution in [-0.4, -0.2) is 81.2 Å². The second kappa shape index (κ2) is 10.1. The molecule has 0 saturated carbocycles. The Kier molecular flexibility index (Phi) is 7.29. The second-order valence-electron chi connectivity index (χ2n) is 7.36. The summed E-state index contributed by atoms with van der Waals surface area (Å²) in [6, 6.07) is 10.6. The highest BCUT2D eigenvalue weighted by Crippen LogP contribution is 2.18. The monoisotopic (exact) mass is 382 g/mol. The molecule has 1 aromatic carbocycles. The van der Waals surface area contributed by atoms with Crippen LogP contribution in [-0.2, 0) is 4.79 Å². The molecule has 150 valence electrons. The van der Waals surface area contributed by atoms with Gasteiger partial charge in [0.15, 0.2) is 0 Å². The van der Waals surface area contributed by atoms with Gasteiger partial charge in [0.05, 0.1) is 0 Å². The molecule has 2 N–H and O–H groups in total. The van der Waals surface area contributed by atoms with E-state index >= 15 is 0 Å². The van der Waals surface area contributed by atoms with Crippen LogP contribution < -0.4 is 15.5 Å². The van der Waals surface area contributed by atoms with E-state index in [-0.39, 0.29) is 11.5 Å². The fourth-order valence-corrected chi connectivity index (χ4v) is 3.61. The first-order valence-electron chi connectivity index (χ1n) is 10.0. The Bertz CT molecular complexity index is 727. The lowest BCUT2D eigenvalue weighted by Crippen LogP contribution is -2.46. The van der Waals surface area contributed by atoms with Crippen LogP contribution in [0.25, 0.3) is 0 Å². The Balaban J connectivity index is 1.46. The third kappa shape index (κ3) is 5.72. The highest BCUT2D eigenvalue weighted by atomic mass is 16.1. The molecule has 3 rings (SSSR count). The standard InChI is InChI=1S/C21H30N6O/c1-18-3-2-4-20(15-18)27-13-11-26(12-14-27)17-19(16-22)21(28)24-7-10-25-8-5-23-6-9-25/h2-4,15,17,23H,5-14H2,1H3,(H,24,28)/b19-17-. The van der Waals surface area contributed by atoms with Gasteiger partial charge in [-0.3, -0.25) is 9.69 Å². The van der Waals surface area contributed by atoms with Crippen molar-refractivity contribution in [1.82, 2.24) is 20.4 Å². The number of aryl methyl sites for hydroxylation is 1. The van der Waals surface area contributed by atoms with Gasteiger partial charge in [0, 0.05) is 77.3 Å². The van der Waals surface area contributed by atoms with E-state index in [4.69, 9.17) is 0 Å². The topological polar surface area (TPSA) is 74.6 Å². The van der Waals surface area contributed by atoms with E-state index in [0.717, 1.165) is 58.9 Å². The fourth-order valence-electron chi connectivity index (χ4n) is 3.61. The van der Waals surface area contributed by atoms with Gasteiger partial charge in [-0.15, -0.1) is 0 Å². The number of carbonyl (C=O) groups excluding carboxylic acids is 1. The summed E-state index contributed by atoms with van der Waals surface area (Å²) in [5.74, 6) is -0.279. The maximum atomic E-state index is 12.3. The van der Waals surface area contributed by atoms with Gasteiger partial charge in [-0.2, -0.15) is 5.26 Å². The van der Waals surface area contributed by atoms with Crippen LogP contribution in [0, 0.1) is 18.3 Å². The number of nitriles is 1. The minimum atomic E-state index is -0.279. The van der Waals surface area contributed by atoms with Crippen molar-refractivity contribution in [3.05, 3.63) is 41.6 Å². The molecule has 2 aliphatic rings. The average molecular weight is 383 g/mol. The summed E-state index contributed by atoms with van der Waals surface area (Å²) in [5, 5.41) is 15.6. The van der Waals surface area contributed by atoms with Gasteiger partial charge in [-0.05, 0) is 24.6 Å². The van der Waals surface area contributed by atoms with Gasteiger partial charge in [0.1, 0.15) is 11.6 Å². The average Bonchev–Trinajstić information content (AvgIpc) is 2.73. The molecule has 0 aromatic heterocycles. The number of hydrogen-bond acceptors (Lipinski definition) is 6. The summed E-state index contributed by atoms with van der Waals surface area (Å²) < 4.78 is 0. The Morgan fingerprint density at radius 1 is 1.21 bits per heavy atom. The molecule has 0 spiro atoms. The van der Waals surface area contributed by atoms with Crippen molar-refractivity contribution in [2.75, 3.05) is 70.3 Å². The Morgan fingerprint density at radius 3 is 2.64 bits per heavy atom. The van der Waals surface area contributed by atoms with Crippen molar-refractivity contribution in [2.24, 2.45) is 0 Å². The van der Waals surface area contributed by atoms with E-state index in [1.54, 1.807) is 6.20 Å². The first-order valence-corrected chi connectivity index (χ1v) is 10.0. The van der Waals surface area contributed by atoms with Crippen molar-refractivity contribution < 1.29 is 4.79 Å². The lowest BCUT2D eigenvalue weighted by atomic mass is 10.2. The number of anilines is 1. The van der Waals surface area contributed by atoms with Gasteiger partial charge in [0.25, 0.3) is 5.91 Å². The zero-order valence-corrected chi connectivity index (χ0v) is 16.7. The first kappa shape index (κ1) is 20.2. The lowest BCUT2D eigenvalue weighted by Gasteiger charge is -2.35. The van der Waals surface area contributed by atoms with Crippen molar-refractivity contribution in [3.63, 3.8) is 0 Å². The minimum Gasteiger partial charge on any atom is -0.373 e. The van der Waals surface area contributed by atoms with E-state index in [2.05, 4.69) is 62.6 Å². The van der Waals surface area contributed by atoms with Gasteiger partial charge in [-0.1, -0.05) is 12.1 Å². The molecule has 1 aromatic rings. The third-order valence-corrected chi connectivity index (χ3v) is 5.28. The molecule has 2 saturated heterocycles. The molecule has 28 heavy (non-hydrogen) atoms. The minimum absolute atomic E-state index is 0.185. The van der Waals surface area contributed by atoms with Crippen LogP contribution in [0.3, 0.4) is 0 Å². The Labute approximate surface area is 167 Å². The van der Waals surface area contributed by atoms with Crippen LogP contribution >= 0.6 is 0 Å². The van der Waals surface area contributed by atoms with Gasteiger partial charge < -0.3 is 20.4 Å². The molecule has 0 aliphatic carbocycles. The van der Waals surface area contributed by atoms with Crippen LogP contribution in [0.15, 0.2) is 36.0 Å². The molecule has 7 nitrogen and oxygen atoms in total. The number of carbonyl (C=O) groups is 1. The Hall–Kier alpha value is -2.56. The van der Waals surface area contributed by atoms with Crippen LogP contribution in [0.2, 0.25) is 0 Å². The molecule has 1 amide bonds. The van der Waals surface area contributed by atoms with E-state index in [1.165, 1.54) is 11.3 Å². The number of hydrogen-bond donors (Lipinski definition) is 2. The maximum absolute atomic E-state index is 12.3. The predicted molar refractivity (Wildman–Crippen MR) is 111 cm³/mol. The number of amides is 1. The van der Waals surface area contributed by atoms with E-state index in [1.807, 2.05) is 0 Å². The van der Waals surface area contributed by atoms with Gasteiger partial charge in [-0.25, -0.2) is 0 Å². The molecular formula is C21H30N6O. The molecule has 2 fully saturated rings. The second-order valence-corrected chi connectivity index (χ2v) is 7.36. The molecule has 0 atom stereocenters. The molecule has 2 heterocycles. The fraction of sp³-hybridized carbons (Fsp3) is 0.524. The number of nitrogens with one attached hydrogen (secondary N) is 2. The number of benzene rings is 1. The van der Waals surface area contributed by atoms with Gasteiger partial charge in [0.2, 0.25) is 0 Å². The maximum Gasteiger partial charge on any atom is 0.263 e. The third-order valence-electron chi connectivity index (χ3n) is 5.28. The zero-order valence-electron chi connectivity index (χ0n) is 16.7. The van der Waals surface area contributed by atoms with Crippen molar-refractivity contribution in [3.8, 4) is 6.07 Å². The van der Waals surface area contributed by atoms with E-state index in [0.29, 0.717) is 6.54 Å². The normalized spacial score (nSPS) is 18.6. The summed E-state index contributed by atoms with van der Waals surface area (Å²) in [7, 11) is 0. The van der Waals surface area contributed by atoms with Crippen molar-refractivity contribution >= 4 is 11.6 Å². The molecule has 7 heteroatoms. The summed E-state index contributed by atoms with van der Waals surface area (Å²) >= 11 is 0. The first-order chi connectivity index (χ1) is 13.7. The summed E-state index contributed by atoms with van der Waals surface area (Å²) in [6.07, 6.45) is 1.72. The summed E-state index contributed by atoms with van der Waals surface area (Å²) in [6.45, 7) is 10.8. The molecule has 0 radical (unpaired) electrons. The SMILES string of the molecule is Cc1cccc(N2CCN(/C=C(/C#N)C(=O)NCCN3CCNCC3)CC2)c1. The quantitative estimate of drug-likeness (QED) is 0.553. The largest absolute Gasteiger partial charge is 0.373 e. The van der Waals surface area contributed by atoms with Crippen molar-refractivity contribution in [1.29, 1.82) is 5.26 Å². The van der Waals surface area contributed by atoms with Gasteiger partial charge >= 0.3 is 0 Å². The van der Waals surface area contributed by atoms with E-state index < -0.39 is 0 Å². The molecule has 0 bridgehead atoms. The lowest BCUT2D eigenvalue weighted by molar-refractivity contribution is -0.117. The van der Waals surface area contributed by atoms with E-state index in [9.17, 15) is 10.1 Å². The summed E-state index contributed by atoms with van der Waals surface area (Å²) in [5.41, 5.74) is 2.67. The molecule has 2 aliphatic heterocycles. The summed E-state index contributed by atoms with van der Waals surface area (Å²) in [4.78, 5) is 19.1. The Morgan fingerprint density at radius 2 is 1.96 bits per heavy atom. The zero-order chi connectivity index (χ0) is 19.8. The number of rotatable bonds is 6. The molecule has 0 unspecified atom stereocenters. The van der Waals surface area contributed by atoms with Crippen molar-refractivity contribution in [2.45, 2.75) is 6.92 Å². The van der Waals surface area contributed by atoms with Crippen LogP contribution in [0.5, 0.6) is 0 Å². The highest BCUT2D eigenvalue weighted by Gasteiger charge is 2.18. The highest BCUT2D eigenvalue weighted by molar-refractivity contribution is 5.97. The predicted octanol–water partition coefficient (Wildman–Crippen LogP) is 0.546. The van der Waals surface area contributed by atoms with Crippen LogP contribution in [0.1, 0.15) is 5.56 Å².